The molecule has 0 bridgehead atoms. The molecule has 0 fully saturated rings. The van der Waals surface area contributed by atoms with E-state index in [1.807, 2.05) is 0 Å². The van der Waals surface area contributed by atoms with Crippen LogP contribution in [0, 0.1) is 5.92 Å². The van der Waals surface area contributed by atoms with Gasteiger partial charge in [0.05, 0.1) is 5.92 Å². The van der Waals surface area contributed by atoms with Gasteiger partial charge >= 0.3 is 12.0 Å². The molecule has 0 radical (unpaired) electrons. The molecule has 17 heavy (non-hydrogen) atoms. The fraction of sp³-hybridized carbons (Fsp3) is 0.833. The van der Waals surface area contributed by atoms with E-state index < -0.39 is 11.9 Å². The second-order valence-corrected chi connectivity index (χ2v) is 4.49. The number of nitrogens with one attached hydrogen (secondary N) is 1. The molecule has 5 heteroatoms. The first-order valence-corrected chi connectivity index (χ1v) is 6.14. The van der Waals surface area contributed by atoms with Gasteiger partial charge < -0.3 is 15.3 Å². The molecule has 0 rings (SSSR count). The summed E-state index contributed by atoms with van der Waals surface area (Å²) in [5, 5.41) is 11.5. The van der Waals surface area contributed by atoms with Crippen molar-refractivity contribution in [3.8, 4) is 0 Å². The number of hydrogen-bond acceptors (Lipinski definition) is 2. The number of hydrogen-bond donors (Lipinski definition) is 2. The molecule has 0 aromatic heterocycles. The first-order chi connectivity index (χ1) is 7.90. The van der Waals surface area contributed by atoms with Crippen LogP contribution in [0.4, 0.5) is 4.79 Å². The Labute approximate surface area is 103 Å². The van der Waals surface area contributed by atoms with Crippen LogP contribution in [0.15, 0.2) is 0 Å². The van der Waals surface area contributed by atoms with Crippen LogP contribution in [-0.4, -0.2) is 41.6 Å². The lowest BCUT2D eigenvalue weighted by atomic mass is 10.0. The highest BCUT2D eigenvalue weighted by Gasteiger charge is 2.21. The van der Waals surface area contributed by atoms with Gasteiger partial charge in [-0.2, -0.15) is 0 Å². The lowest BCUT2D eigenvalue weighted by Crippen LogP contribution is -2.46. The van der Waals surface area contributed by atoms with Gasteiger partial charge in [0.1, 0.15) is 0 Å². The molecule has 0 aliphatic carbocycles. The molecule has 0 saturated heterocycles. The number of carboxylic acids is 1. The summed E-state index contributed by atoms with van der Waals surface area (Å²) in [6.07, 6.45) is 3.18. The molecule has 100 valence electrons. The molecular weight excluding hydrogens is 220 g/mol. The van der Waals surface area contributed by atoms with Crippen LogP contribution in [0.3, 0.4) is 0 Å². The summed E-state index contributed by atoms with van der Waals surface area (Å²) in [6, 6.07) is -0.574. The molecule has 0 aliphatic heterocycles. The molecule has 0 aliphatic rings. The number of carboxylic acid groups (broad SMARTS) is 1. The molecule has 5 nitrogen and oxygen atoms in total. The zero-order valence-corrected chi connectivity index (χ0v) is 11.2. The minimum atomic E-state index is -0.897. The van der Waals surface area contributed by atoms with Crippen molar-refractivity contribution < 1.29 is 14.7 Å². The summed E-state index contributed by atoms with van der Waals surface area (Å²) in [5.41, 5.74) is 0. The smallest absolute Gasteiger partial charge is 0.317 e. The molecule has 2 unspecified atom stereocenters. The largest absolute Gasteiger partial charge is 0.481 e. The van der Waals surface area contributed by atoms with Crippen LogP contribution in [0.5, 0.6) is 0 Å². The summed E-state index contributed by atoms with van der Waals surface area (Å²) in [5.74, 6) is -1.48. The van der Waals surface area contributed by atoms with E-state index in [0.717, 1.165) is 19.3 Å². The topological polar surface area (TPSA) is 69.6 Å². The van der Waals surface area contributed by atoms with E-state index in [2.05, 4.69) is 12.2 Å². The van der Waals surface area contributed by atoms with E-state index in [1.54, 1.807) is 25.8 Å². The Morgan fingerprint density at radius 1 is 1.29 bits per heavy atom. The predicted octanol–water partition coefficient (Wildman–Crippen LogP) is 1.93. The van der Waals surface area contributed by atoms with Crippen LogP contribution in [0.2, 0.25) is 0 Å². The molecule has 0 aromatic carbocycles. The highest BCUT2D eigenvalue weighted by atomic mass is 16.4. The van der Waals surface area contributed by atoms with Gasteiger partial charge in [0.15, 0.2) is 0 Å². The van der Waals surface area contributed by atoms with E-state index in [0.29, 0.717) is 6.54 Å². The molecular formula is C12H24N2O3. The minimum absolute atomic E-state index is 0.207. The first kappa shape index (κ1) is 15.7. The van der Waals surface area contributed by atoms with E-state index in [9.17, 15) is 9.59 Å². The van der Waals surface area contributed by atoms with Crippen molar-refractivity contribution in [2.75, 3.05) is 13.6 Å². The molecule has 2 N–H and O–H groups in total. The first-order valence-electron chi connectivity index (χ1n) is 6.14. The summed E-state index contributed by atoms with van der Waals surface area (Å²) >= 11 is 0. The van der Waals surface area contributed by atoms with Crippen LogP contribution in [0.1, 0.15) is 40.0 Å². The lowest BCUT2D eigenvalue weighted by Gasteiger charge is -2.23. The molecule has 2 amide bonds. The average molecular weight is 244 g/mol. The Morgan fingerprint density at radius 3 is 2.35 bits per heavy atom. The lowest BCUT2D eigenvalue weighted by molar-refractivity contribution is -0.141. The molecule has 0 heterocycles. The predicted molar refractivity (Wildman–Crippen MR) is 66.9 cm³/mol. The van der Waals surface area contributed by atoms with Crippen molar-refractivity contribution in [2.24, 2.45) is 5.92 Å². The zero-order chi connectivity index (χ0) is 13.4. The standard InChI is InChI=1S/C12H24N2O3/c1-5-6-7-8-14(4)12(17)13-10(3)9(2)11(15)16/h9-10H,5-8H2,1-4H3,(H,13,17)(H,15,16). The number of amides is 2. The van der Waals surface area contributed by atoms with Crippen LogP contribution in [0.25, 0.3) is 0 Å². The summed E-state index contributed by atoms with van der Waals surface area (Å²) in [4.78, 5) is 24.0. The fourth-order valence-corrected chi connectivity index (χ4v) is 1.34. The number of urea groups is 1. The zero-order valence-electron chi connectivity index (χ0n) is 11.2. The van der Waals surface area contributed by atoms with E-state index in [1.165, 1.54) is 0 Å². The maximum absolute atomic E-state index is 11.7. The average Bonchev–Trinajstić information content (AvgIpc) is 2.27. The highest BCUT2D eigenvalue weighted by Crippen LogP contribution is 2.03. The van der Waals surface area contributed by atoms with E-state index >= 15 is 0 Å². The van der Waals surface area contributed by atoms with Crippen LogP contribution >= 0.6 is 0 Å². The van der Waals surface area contributed by atoms with Gasteiger partial charge in [0, 0.05) is 19.6 Å². The van der Waals surface area contributed by atoms with Crippen molar-refractivity contribution in [1.29, 1.82) is 0 Å². The summed E-state index contributed by atoms with van der Waals surface area (Å²) in [6.45, 7) is 6.10. The molecule has 2 atom stereocenters. The van der Waals surface area contributed by atoms with Crippen molar-refractivity contribution in [3.63, 3.8) is 0 Å². The molecule has 0 spiro atoms. The normalized spacial score (nSPS) is 13.9. The maximum atomic E-state index is 11.7. The number of rotatable bonds is 7. The Morgan fingerprint density at radius 2 is 1.88 bits per heavy atom. The number of aliphatic carboxylic acids is 1. The van der Waals surface area contributed by atoms with Crippen LogP contribution in [-0.2, 0) is 4.79 Å². The second kappa shape index (κ2) is 7.92. The summed E-state index contributed by atoms with van der Waals surface area (Å²) in [7, 11) is 1.73. The SMILES string of the molecule is CCCCCN(C)C(=O)NC(C)C(C)C(=O)O. The Hall–Kier alpha value is -1.26. The van der Waals surface area contributed by atoms with Gasteiger partial charge in [-0.15, -0.1) is 0 Å². The molecule has 0 saturated carbocycles. The fourth-order valence-electron chi connectivity index (χ4n) is 1.34. The third-order valence-corrected chi connectivity index (χ3v) is 2.93. The van der Waals surface area contributed by atoms with Crippen molar-refractivity contribution in [3.05, 3.63) is 0 Å². The van der Waals surface area contributed by atoms with Gasteiger partial charge in [-0.1, -0.05) is 19.8 Å². The summed E-state index contributed by atoms with van der Waals surface area (Å²) < 4.78 is 0. The minimum Gasteiger partial charge on any atom is -0.481 e. The van der Waals surface area contributed by atoms with Gasteiger partial charge in [-0.25, -0.2) is 4.79 Å². The van der Waals surface area contributed by atoms with E-state index in [-0.39, 0.29) is 12.1 Å². The highest BCUT2D eigenvalue weighted by molar-refractivity contribution is 5.76. The number of unbranched alkanes of at least 4 members (excludes halogenated alkanes) is 2. The van der Waals surface area contributed by atoms with Crippen LogP contribution < -0.4 is 5.32 Å². The van der Waals surface area contributed by atoms with Gasteiger partial charge in [0.25, 0.3) is 0 Å². The molecule has 0 aromatic rings. The Balaban J connectivity index is 4.02. The Kier molecular flexibility index (Phi) is 7.34. The van der Waals surface area contributed by atoms with Gasteiger partial charge in [-0.05, 0) is 20.3 Å². The third-order valence-electron chi connectivity index (χ3n) is 2.93. The number of nitrogens with zero attached hydrogens (tertiary/aromatic N) is 1. The van der Waals surface area contributed by atoms with Crippen molar-refractivity contribution in [2.45, 2.75) is 46.1 Å². The van der Waals surface area contributed by atoms with Gasteiger partial charge in [0.2, 0.25) is 0 Å². The number of carbonyl (C=O) groups is 2. The monoisotopic (exact) mass is 244 g/mol. The van der Waals surface area contributed by atoms with Crippen molar-refractivity contribution >= 4 is 12.0 Å². The van der Waals surface area contributed by atoms with Crippen molar-refractivity contribution in [1.82, 2.24) is 10.2 Å². The second-order valence-electron chi connectivity index (χ2n) is 4.49. The Bertz CT molecular complexity index is 256. The maximum Gasteiger partial charge on any atom is 0.317 e. The quantitative estimate of drug-likeness (QED) is 0.672. The third kappa shape index (κ3) is 6.14. The number of carbonyl (C=O) groups excluding carboxylic acids is 1. The van der Waals surface area contributed by atoms with Gasteiger partial charge in [-0.3, -0.25) is 4.79 Å². The van der Waals surface area contributed by atoms with E-state index in [4.69, 9.17) is 5.11 Å².